The number of hydrogen-bond donors (Lipinski definition) is 0. The average Bonchev–Trinajstić information content (AvgIpc) is 2.86. The van der Waals surface area contributed by atoms with Gasteiger partial charge < -0.3 is 0 Å². The highest BCUT2D eigenvalue weighted by Crippen LogP contribution is 2.36. The number of hydrogen-bond acceptors (Lipinski definition) is 3. The molecule has 0 saturated heterocycles. The largest absolute Gasteiger partial charge is 0.276 e. The predicted molar refractivity (Wildman–Crippen MR) is 74.1 cm³/mol. The molecule has 4 heteroatoms. The molecule has 0 saturated carbocycles. The van der Waals surface area contributed by atoms with E-state index in [4.69, 9.17) is 0 Å². The Hall–Kier alpha value is -1.68. The SMILES string of the molecule is C=CS(=O)(=O)C1=CC(CC)(c2ccccc2)N=C1. The summed E-state index contributed by atoms with van der Waals surface area (Å²) in [7, 11) is -3.41. The quantitative estimate of drug-likeness (QED) is 0.836. The molecular weight excluding hydrogens is 246 g/mol. The number of aliphatic imine (C=N–C) groups is 1. The van der Waals surface area contributed by atoms with Crippen LogP contribution in [0.3, 0.4) is 0 Å². The molecule has 0 N–H and O–H groups in total. The van der Waals surface area contributed by atoms with Crippen molar-refractivity contribution >= 4 is 16.1 Å². The van der Waals surface area contributed by atoms with Crippen molar-refractivity contribution in [3.63, 3.8) is 0 Å². The second kappa shape index (κ2) is 4.53. The van der Waals surface area contributed by atoms with Gasteiger partial charge in [-0.15, -0.1) is 0 Å². The first-order valence-electron chi connectivity index (χ1n) is 5.75. The molecule has 1 aliphatic rings. The Kier molecular flexibility index (Phi) is 3.22. The molecular formula is C14H15NO2S. The van der Waals surface area contributed by atoms with Crippen molar-refractivity contribution in [1.82, 2.24) is 0 Å². The zero-order chi connectivity index (χ0) is 13.2. The van der Waals surface area contributed by atoms with Gasteiger partial charge in [0.25, 0.3) is 0 Å². The van der Waals surface area contributed by atoms with E-state index >= 15 is 0 Å². The summed E-state index contributed by atoms with van der Waals surface area (Å²) < 4.78 is 23.5. The zero-order valence-corrected chi connectivity index (χ0v) is 11.0. The molecule has 0 bridgehead atoms. The Balaban J connectivity index is 2.52. The summed E-state index contributed by atoms with van der Waals surface area (Å²) in [5.74, 6) is 0. The van der Waals surface area contributed by atoms with Gasteiger partial charge in [0.2, 0.25) is 9.84 Å². The average molecular weight is 261 g/mol. The molecule has 1 aromatic carbocycles. The molecule has 0 aromatic heterocycles. The highest BCUT2D eigenvalue weighted by molar-refractivity contribution is 7.98. The maximum absolute atomic E-state index is 11.8. The molecule has 1 atom stereocenters. The number of benzene rings is 1. The summed E-state index contributed by atoms with van der Waals surface area (Å²) in [6.07, 6.45) is 3.84. The van der Waals surface area contributed by atoms with Crippen molar-refractivity contribution in [2.75, 3.05) is 0 Å². The summed E-state index contributed by atoms with van der Waals surface area (Å²) in [5, 5.41) is 0.960. The summed E-state index contributed by atoms with van der Waals surface area (Å²) in [4.78, 5) is 4.63. The van der Waals surface area contributed by atoms with Gasteiger partial charge in [-0.3, -0.25) is 4.99 Å². The van der Waals surface area contributed by atoms with Crippen LogP contribution in [0.15, 0.2) is 58.3 Å². The minimum Gasteiger partial charge on any atom is -0.276 e. The predicted octanol–water partition coefficient (Wildman–Crippen LogP) is 2.82. The summed E-state index contributed by atoms with van der Waals surface area (Å²) in [6, 6.07) is 9.70. The molecule has 1 heterocycles. The second-order valence-electron chi connectivity index (χ2n) is 4.16. The van der Waals surface area contributed by atoms with Gasteiger partial charge in [-0.2, -0.15) is 0 Å². The first-order chi connectivity index (χ1) is 8.54. The number of nitrogens with zero attached hydrogens (tertiary/aromatic N) is 1. The van der Waals surface area contributed by atoms with Crippen molar-refractivity contribution in [1.29, 1.82) is 0 Å². The molecule has 0 fully saturated rings. The normalized spacial score (nSPS) is 22.8. The van der Waals surface area contributed by atoms with Gasteiger partial charge >= 0.3 is 0 Å². The topological polar surface area (TPSA) is 46.5 Å². The van der Waals surface area contributed by atoms with Crippen LogP contribution in [0.4, 0.5) is 0 Å². The summed E-state index contributed by atoms with van der Waals surface area (Å²) in [5.41, 5.74) is 0.435. The third kappa shape index (κ3) is 2.04. The first kappa shape index (κ1) is 12.8. The molecule has 0 aliphatic carbocycles. The van der Waals surface area contributed by atoms with Gasteiger partial charge in [-0.05, 0) is 18.1 Å². The number of allylic oxidation sites excluding steroid dienone is 1. The van der Waals surface area contributed by atoms with Crippen LogP contribution in [0.1, 0.15) is 18.9 Å². The van der Waals surface area contributed by atoms with E-state index in [1.807, 2.05) is 37.3 Å². The fourth-order valence-electron chi connectivity index (χ4n) is 2.02. The molecule has 1 unspecified atom stereocenters. The van der Waals surface area contributed by atoms with E-state index in [9.17, 15) is 8.42 Å². The van der Waals surface area contributed by atoms with Crippen molar-refractivity contribution in [2.45, 2.75) is 18.9 Å². The fraction of sp³-hybridized carbons (Fsp3) is 0.214. The molecule has 94 valence electrons. The molecule has 0 spiro atoms. The van der Waals surface area contributed by atoms with Gasteiger partial charge in [-0.1, -0.05) is 43.8 Å². The van der Waals surface area contributed by atoms with Crippen LogP contribution in [-0.2, 0) is 15.4 Å². The summed E-state index contributed by atoms with van der Waals surface area (Å²) in [6.45, 7) is 5.32. The fourth-order valence-corrected chi connectivity index (χ4v) is 2.77. The van der Waals surface area contributed by atoms with Crippen LogP contribution in [0.2, 0.25) is 0 Å². The highest BCUT2D eigenvalue weighted by Gasteiger charge is 2.33. The summed E-state index contributed by atoms with van der Waals surface area (Å²) >= 11 is 0. The van der Waals surface area contributed by atoms with E-state index in [-0.39, 0.29) is 4.91 Å². The number of rotatable bonds is 4. The van der Waals surface area contributed by atoms with Gasteiger partial charge in [0.1, 0.15) is 5.54 Å². The van der Waals surface area contributed by atoms with Crippen LogP contribution < -0.4 is 0 Å². The van der Waals surface area contributed by atoms with Gasteiger partial charge in [0.05, 0.1) is 4.91 Å². The van der Waals surface area contributed by atoms with Gasteiger partial charge in [0.15, 0.2) is 0 Å². The Morgan fingerprint density at radius 2 is 2.00 bits per heavy atom. The number of sulfone groups is 1. The lowest BCUT2D eigenvalue weighted by atomic mass is 9.89. The smallest absolute Gasteiger partial charge is 0.200 e. The maximum Gasteiger partial charge on any atom is 0.200 e. The highest BCUT2D eigenvalue weighted by atomic mass is 32.2. The van der Waals surface area contributed by atoms with Gasteiger partial charge in [0, 0.05) is 11.6 Å². The van der Waals surface area contributed by atoms with E-state index in [0.717, 1.165) is 11.0 Å². The Morgan fingerprint density at radius 3 is 2.56 bits per heavy atom. The standard InChI is InChI=1S/C14H15NO2S/c1-3-14(12-8-6-5-7-9-12)10-13(11-15-14)18(16,17)4-2/h4-11H,2-3H2,1H3. The third-order valence-corrected chi connectivity index (χ3v) is 4.48. The van der Waals surface area contributed by atoms with E-state index in [1.54, 1.807) is 6.08 Å². The van der Waals surface area contributed by atoms with Crippen LogP contribution in [0.5, 0.6) is 0 Å². The molecule has 1 aliphatic heterocycles. The van der Waals surface area contributed by atoms with Crippen LogP contribution in [0.25, 0.3) is 0 Å². The van der Waals surface area contributed by atoms with Crippen molar-refractivity contribution in [2.24, 2.45) is 4.99 Å². The molecule has 3 nitrogen and oxygen atoms in total. The lowest BCUT2D eigenvalue weighted by molar-refractivity contribution is 0.554. The molecule has 18 heavy (non-hydrogen) atoms. The molecule has 1 aromatic rings. The molecule has 2 rings (SSSR count). The van der Waals surface area contributed by atoms with E-state index < -0.39 is 15.4 Å². The first-order valence-corrected chi connectivity index (χ1v) is 7.30. The lowest BCUT2D eigenvalue weighted by Crippen LogP contribution is -2.17. The van der Waals surface area contributed by atoms with E-state index in [1.165, 1.54) is 6.21 Å². The van der Waals surface area contributed by atoms with E-state index in [0.29, 0.717) is 6.42 Å². The second-order valence-corrected chi connectivity index (χ2v) is 6.06. The Labute approximate surface area is 107 Å². The van der Waals surface area contributed by atoms with Gasteiger partial charge in [-0.25, -0.2) is 8.42 Å². The Bertz CT molecular complexity index is 614. The molecule has 0 amide bonds. The maximum atomic E-state index is 11.8. The minimum absolute atomic E-state index is 0.225. The van der Waals surface area contributed by atoms with Crippen molar-refractivity contribution in [3.8, 4) is 0 Å². The van der Waals surface area contributed by atoms with Crippen molar-refractivity contribution in [3.05, 3.63) is 58.9 Å². The van der Waals surface area contributed by atoms with E-state index in [2.05, 4.69) is 11.6 Å². The van der Waals surface area contributed by atoms with Crippen LogP contribution >= 0.6 is 0 Å². The lowest BCUT2D eigenvalue weighted by Gasteiger charge is -2.22. The molecule has 0 radical (unpaired) electrons. The van der Waals surface area contributed by atoms with Crippen LogP contribution in [-0.4, -0.2) is 14.6 Å². The van der Waals surface area contributed by atoms with Crippen LogP contribution in [0, 0.1) is 0 Å². The third-order valence-electron chi connectivity index (χ3n) is 3.16. The van der Waals surface area contributed by atoms with Crippen molar-refractivity contribution < 1.29 is 8.42 Å². The zero-order valence-electron chi connectivity index (χ0n) is 10.2. The minimum atomic E-state index is -3.41. The Morgan fingerprint density at radius 1 is 1.33 bits per heavy atom. The monoisotopic (exact) mass is 261 g/mol.